The summed E-state index contributed by atoms with van der Waals surface area (Å²) < 4.78 is 16.4. The second-order valence-corrected chi connectivity index (χ2v) is 4.00. The monoisotopic (exact) mass is 250 g/mol. The highest BCUT2D eigenvalue weighted by atomic mass is 16.5. The van der Waals surface area contributed by atoms with E-state index in [9.17, 15) is 0 Å². The molecule has 18 heavy (non-hydrogen) atoms. The molecule has 1 aliphatic heterocycles. The van der Waals surface area contributed by atoms with Gasteiger partial charge in [-0.3, -0.25) is 0 Å². The summed E-state index contributed by atoms with van der Waals surface area (Å²) in [6.45, 7) is 0.958. The Hall–Kier alpha value is -1.24. The molecule has 1 aromatic rings. The number of methoxy groups -OCH3 is 1. The molecule has 0 fully saturated rings. The molecule has 0 aromatic heterocycles. The van der Waals surface area contributed by atoms with Crippen molar-refractivity contribution < 1.29 is 19.2 Å². The van der Waals surface area contributed by atoms with Crippen molar-refractivity contribution >= 4 is 12.9 Å². The van der Waals surface area contributed by atoms with Crippen molar-refractivity contribution in [2.24, 2.45) is 5.73 Å². The van der Waals surface area contributed by atoms with Crippen LogP contribution in [0.1, 0.15) is 18.1 Å². The van der Waals surface area contributed by atoms with Crippen molar-refractivity contribution in [2.45, 2.75) is 12.5 Å². The van der Waals surface area contributed by atoms with Crippen molar-refractivity contribution in [1.82, 2.24) is 0 Å². The standard InChI is InChI=1S/C12H17BNO4/c1-16-9-4-3-8-10(7-14)18-13-11(8)12(9)17-6-2-5-15/h3-4,10,15H,2,5-7,14H2,1H3. The van der Waals surface area contributed by atoms with E-state index < -0.39 is 0 Å². The van der Waals surface area contributed by atoms with Gasteiger partial charge in [0.1, 0.15) is 0 Å². The Kier molecular flexibility index (Phi) is 4.46. The lowest BCUT2D eigenvalue weighted by Crippen LogP contribution is -2.18. The molecular weight excluding hydrogens is 233 g/mol. The Balaban J connectivity index is 2.27. The van der Waals surface area contributed by atoms with Gasteiger partial charge in [-0.15, -0.1) is 0 Å². The van der Waals surface area contributed by atoms with E-state index in [1.54, 1.807) is 14.6 Å². The minimum Gasteiger partial charge on any atom is -0.493 e. The SMILES string of the molecule is COc1ccc2c(c1OCCCO)[B]OC2CN. The van der Waals surface area contributed by atoms with Crippen LogP contribution in [0.3, 0.4) is 0 Å². The number of benzene rings is 1. The zero-order valence-corrected chi connectivity index (χ0v) is 10.4. The second-order valence-electron chi connectivity index (χ2n) is 4.00. The highest BCUT2D eigenvalue weighted by Gasteiger charge is 2.28. The molecule has 0 amide bonds. The molecule has 0 spiro atoms. The molecule has 1 atom stereocenters. The van der Waals surface area contributed by atoms with Gasteiger partial charge in [0.25, 0.3) is 0 Å². The third-order valence-electron chi connectivity index (χ3n) is 2.87. The van der Waals surface area contributed by atoms with E-state index >= 15 is 0 Å². The van der Waals surface area contributed by atoms with E-state index in [2.05, 4.69) is 0 Å². The second kappa shape index (κ2) is 6.09. The van der Waals surface area contributed by atoms with E-state index in [1.165, 1.54) is 0 Å². The van der Waals surface area contributed by atoms with Gasteiger partial charge in [-0.1, -0.05) is 6.07 Å². The fourth-order valence-electron chi connectivity index (χ4n) is 1.95. The number of aliphatic hydroxyl groups is 1. The highest BCUT2D eigenvalue weighted by molar-refractivity contribution is 6.50. The number of fused-ring (bicyclic) bond motifs is 1. The van der Waals surface area contributed by atoms with Crippen molar-refractivity contribution in [3.63, 3.8) is 0 Å². The number of rotatable bonds is 6. The van der Waals surface area contributed by atoms with E-state index in [1.807, 2.05) is 12.1 Å². The van der Waals surface area contributed by atoms with Crippen molar-refractivity contribution in [1.29, 1.82) is 0 Å². The van der Waals surface area contributed by atoms with E-state index in [0.717, 1.165) is 11.0 Å². The maximum atomic E-state index is 8.78. The van der Waals surface area contributed by atoms with Crippen LogP contribution in [-0.2, 0) is 4.65 Å². The summed E-state index contributed by atoms with van der Waals surface area (Å²) in [5.74, 6) is 1.31. The van der Waals surface area contributed by atoms with Crippen molar-refractivity contribution in [3.05, 3.63) is 17.7 Å². The Morgan fingerprint density at radius 1 is 1.50 bits per heavy atom. The number of hydrogen-bond donors (Lipinski definition) is 2. The number of hydrogen-bond acceptors (Lipinski definition) is 5. The molecule has 1 radical (unpaired) electrons. The van der Waals surface area contributed by atoms with E-state index in [4.69, 9.17) is 25.0 Å². The van der Waals surface area contributed by atoms with Crippen LogP contribution in [0, 0.1) is 0 Å². The summed E-state index contributed by atoms with van der Waals surface area (Å²) in [4.78, 5) is 0. The molecular formula is C12H17BNO4. The first-order chi connectivity index (χ1) is 8.81. The molecule has 0 saturated heterocycles. The van der Waals surface area contributed by atoms with Crippen LogP contribution in [0.2, 0.25) is 0 Å². The third kappa shape index (κ3) is 2.45. The fraction of sp³-hybridized carbons (Fsp3) is 0.500. The van der Waals surface area contributed by atoms with Crippen LogP contribution in [0.15, 0.2) is 12.1 Å². The molecule has 5 nitrogen and oxygen atoms in total. The largest absolute Gasteiger partial charge is 0.493 e. The highest BCUT2D eigenvalue weighted by Crippen LogP contribution is 2.32. The Labute approximate surface area is 107 Å². The number of nitrogens with two attached hydrogens (primary N) is 1. The van der Waals surface area contributed by atoms with Gasteiger partial charge in [0.15, 0.2) is 11.5 Å². The summed E-state index contributed by atoms with van der Waals surface area (Å²) in [5, 5.41) is 8.78. The molecule has 0 aliphatic carbocycles. The predicted molar refractivity (Wildman–Crippen MR) is 68.5 cm³/mol. The Bertz CT molecular complexity index is 413. The van der Waals surface area contributed by atoms with Crippen LogP contribution in [-0.4, -0.2) is 39.5 Å². The maximum Gasteiger partial charge on any atom is 0.335 e. The average molecular weight is 250 g/mol. The van der Waals surface area contributed by atoms with Crippen LogP contribution < -0.4 is 20.7 Å². The predicted octanol–water partition coefficient (Wildman–Crippen LogP) is -0.269. The Morgan fingerprint density at radius 3 is 3.00 bits per heavy atom. The van der Waals surface area contributed by atoms with Crippen LogP contribution in [0.25, 0.3) is 0 Å². The van der Waals surface area contributed by atoms with Gasteiger partial charge in [0, 0.05) is 19.6 Å². The molecule has 97 valence electrons. The number of ether oxygens (including phenoxy) is 2. The van der Waals surface area contributed by atoms with Crippen molar-refractivity contribution in [2.75, 3.05) is 26.9 Å². The molecule has 6 heteroatoms. The summed E-state index contributed by atoms with van der Waals surface area (Å²) in [7, 11) is 3.25. The minimum absolute atomic E-state index is 0.100. The minimum atomic E-state index is -0.119. The van der Waals surface area contributed by atoms with Crippen molar-refractivity contribution in [3.8, 4) is 11.5 Å². The molecule has 2 rings (SSSR count). The molecule has 3 N–H and O–H groups in total. The summed E-state index contributed by atoms with van der Waals surface area (Å²) in [6, 6.07) is 3.78. The molecule has 1 unspecified atom stereocenters. The molecule has 1 heterocycles. The van der Waals surface area contributed by atoms with Gasteiger partial charge in [-0.05, 0) is 17.1 Å². The summed E-state index contributed by atoms with van der Waals surface area (Å²) in [6.07, 6.45) is 0.458. The van der Waals surface area contributed by atoms with Gasteiger partial charge < -0.3 is 25.0 Å². The van der Waals surface area contributed by atoms with Crippen LogP contribution >= 0.6 is 0 Å². The first-order valence-electron chi connectivity index (χ1n) is 5.95. The molecule has 0 bridgehead atoms. The first kappa shape index (κ1) is 13.2. The van der Waals surface area contributed by atoms with Gasteiger partial charge in [0.2, 0.25) is 0 Å². The van der Waals surface area contributed by atoms with Gasteiger partial charge in [-0.25, -0.2) is 0 Å². The zero-order valence-electron chi connectivity index (χ0n) is 10.4. The maximum absolute atomic E-state index is 8.78. The van der Waals surface area contributed by atoms with Gasteiger partial charge in [0.05, 0.1) is 19.8 Å². The number of aliphatic hydroxyl groups excluding tert-OH is 1. The smallest absolute Gasteiger partial charge is 0.335 e. The lowest BCUT2D eigenvalue weighted by Gasteiger charge is -2.15. The molecule has 1 aliphatic rings. The zero-order chi connectivity index (χ0) is 13.0. The van der Waals surface area contributed by atoms with Gasteiger partial charge in [-0.2, -0.15) is 0 Å². The fourth-order valence-corrected chi connectivity index (χ4v) is 1.95. The average Bonchev–Trinajstić information content (AvgIpc) is 2.82. The van der Waals surface area contributed by atoms with Gasteiger partial charge >= 0.3 is 7.48 Å². The van der Waals surface area contributed by atoms with E-state index in [0.29, 0.717) is 31.1 Å². The normalized spacial score (nSPS) is 17.2. The topological polar surface area (TPSA) is 73.9 Å². The first-order valence-corrected chi connectivity index (χ1v) is 5.95. The lowest BCUT2D eigenvalue weighted by molar-refractivity contribution is 0.229. The summed E-state index contributed by atoms with van der Waals surface area (Å²) >= 11 is 0. The Morgan fingerprint density at radius 2 is 2.33 bits per heavy atom. The summed E-state index contributed by atoms with van der Waals surface area (Å²) in [5.41, 5.74) is 7.53. The molecule has 0 saturated carbocycles. The van der Waals surface area contributed by atoms with Crippen LogP contribution in [0.4, 0.5) is 0 Å². The quantitative estimate of drug-likeness (QED) is 0.537. The molecule has 1 aromatic carbocycles. The van der Waals surface area contributed by atoms with Crippen LogP contribution in [0.5, 0.6) is 11.5 Å². The lowest BCUT2D eigenvalue weighted by atomic mass is 9.85. The third-order valence-corrected chi connectivity index (χ3v) is 2.87. The van der Waals surface area contributed by atoms with E-state index in [-0.39, 0.29) is 12.7 Å².